The zero-order valence-corrected chi connectivity index (χ0v) is 17.4. The Bertz CT molecular complexity index is 816. The minimum atomic E-state index is -0.261. The van der Waals surface area contributed by atoms with Crippen molar-refractivity contribution < 1.29 is 14.1 Å². The number of nitrogens with zero attached hydrogens (tertiary/aromatic N) is 3. The molecule has 1 N–H and O–H groups in total. The summed E-state index contributed by atoms with van der Waals surface area (Å²) in [7, 11) is 0. The van der Waals surface area contributed by atoms with Gasteiger partial charge in [0.15, 0.2) is 5.82 Å². The molecule has 0 aliphatic heterocycles. The predicted octanol–water partition coefficient (Wildman–Crippen LogP) is 2.90. The fraction of sp³-hybridized carbons (Fsp3) is 0.500. The van der Waals surface area contributed by atoms with Gasteiger partial charge in [0.2, 0.25) is 11.8 Å². The summed E-state index contributed by atoms with van der Waals surface area (Å²) in [4.78, 5) is 29.6. The van der Waals surface area contributed by atoms with Crippen LogP contribution in [0.15, 0.2) is 40.9 Å². The summed E-state index contributed by atoms with van der Waals surface area (Å²) in [5.74, 6) is 0.994. The number of hydrogen-bond acceptors (Lipinski definition) is 5. The molecule has 3 rings (SSSR count). The summed E-state index contributed by atoms with van der Waals surface area (Å²) in [5, 5.41) is 6.50. The fourth-order valence-corrected chi connectivity index (χ4v) is 3.62. The van der Waals surface area contributed by atoms with Crippen molar-refractivity contribution >= 4 is 17.6 Å². The van der Waals surface area contributed by atoms with E-state index >= 15 is 0 Å². The molecular formula is C22H30N4O3. The maximum Gasteiger partial charge on any atom is 0.245 e. The Kier molecular flexibility index (Phi) is 7.04. The number of carbonyl (C=O) groups excluding carboxylic acids is 2. The van der Waals surface area contributed by atoms with Gasteiger partial charge in [-0.15, -0.1) is 0 Å². The van der Waals surface area contributed by atoms with Crippen LogP contribution in [0.4, 0.5) is 5.82 Å². The fourth-order valence-electron chi connectivity index (χ4n) is 3.62. The number of anilines is 1. The number of hydrogen-bond donors (Lipinski definition) is 1. The van der Waals surface area contributed by atoms with Crippen LogP contribution in [0.25, 0.3) is 0 Å². The zero-order valence-electron chi connectivity index (χ0n) is 17.4. The van der Waals surface area contributed by atoms with Crippen LogP contribution < -0.4 is 5.32 Å². The monoisotopic (exact) mass is 398 g/mol. The van der Waals surface area contributed by atoms with Gasteiger partial charge in [0.05, 0.1) is 6.54 Å². The molecule has 1 saturated carbocycles. The smallest absolute Gasteiger partial charge is 0.245 e. The maximum atomic E-state index is 13.2. The normalized spacial score (nSPS) is 17.9. The average molecular weight is 399 g/mol. The van der Waals surface area contributed by atoms with Crippen molar-refractivity contribution in [3.63, 3.8) is 0 Å². The van der Waals surface area contributed by atoms with E-state index in [9.17, 15) is 9.59 Å². The molecule has 1 fully saturated rings. The number of nitrogens with one attached hydrogen (secondary N) is 1. The van der Waals surface area contributed by atoms with E-state index in [0.29, 0.717) is 18.1 Å². The molecule has 1 aliphatic carbocycles. The van der Waals surface area contributed by atoms with Gasteiger partial charge >= 0.3 is 0 Å². The first-order valence-electron chi connectivity index (χ1n) is 10.3. The quantitative estimate of drug-likeness (QED) is 0.666. The molecule has 2 atom stereocenters. The Labute approximate surface area is 172 Å². The third-order valence-electron chi connectivity index (χ3n) is 5.46. The Balaban J connectivity index is 1.63. The SMILES string of the molecule is CCN(CC)CCN(CC(=O)Nc1cc(C)on1)C(=O)[C@@H]1C[C@H]1c1ccccc1. The van der Waals surface area contributed by atoms with Gasteiger partial charge in [0.1, 0.15) is 5.76 Å². The minimum Gasteiger partial charge on any atom is -0.360 e. The van der Waals surface area contributed by atoms with Crippen LogP contribution >= 0.6 is 0 Å². The largest absolute Gasteiger partial charge is 0.360 e. The summed E-state index contributed by atoms with van der Waals surface area (Å²) < 4.78 is 4.99. The third-order valence-corrected chi connectivity index (χ3v) is 5.46. The van der Waals surface area contributed by atoms with Crippen LogP contribution in [0.2, 0.25) is 0 Å². The molecule has 7 heteroatoms. The highest BCUT2D eigenvalue weighted by Gasteiger charge is 2.45. The van der Waals surface area contributed by atoms with Crippen molar-refractivity contribution in [2.75, 3.05) is 38.0 Å². The molecule has 1 aromatic heterocycles. The van der Waals surface area contributed by atoms with Gasteiger partial charge in [-0.25, -0.2) is 0 Å². The molecule has 1 aliphatic rings. The van der Waals surface area contributed by atoms with Crippen LogP contribution in [-0.4, -0.2) is 59.5 Å². The Morgan fingerprint density at radius 3 is 2.52 bits per heavy atom. The van der Waals surface area contributed by atoms with Gasteiger partial charge in [-0.3, -0.25) is 9.59 Å². The maximum absolute atomic E-state index is 13.2. The predicted molar refractivity (Wildman–Crippen MR) is 112 cm³/mol. The Morgan fingerprint density at radius 1 is 1.17 bits per heavy atom. The van der Waals surface area contributed by atoms with Crippen LogP contribution in [0, 0.1) is 12.8 Å². The minimum absolute atomic E-state index is 0.0179. The lowest BCUT2D eigenvalue weighted by Gasteiger charge is -2.26. The average Bonchev–Trinajstić information content (AvgIpc) is 3.43. The molecule has 0 radical (unpaired) electrons. The third kappa shape index (κ3) is 5.67. The molecule has 2 aromatic rings. The van der Waals surface area contributed by atoms with E-state index in [4.69, 9.17) is 4.52 Å². The first-order chi connectivity index (χ1) is 14.0. The summed E-state index contributed by atoms with van der Waals surface area (Å²) in [5.41, 5.74) is 1.19. The van der Waals surface area contributed by atoms with Crippen LogP contribution in [0.1, 0.15) is 37.5 Å². The summed E-state index contributed by atoms with van der Waals surface area (Å²) >= 11 is 0. The lowest BCUT2D eigenvalue weighted by Crippen LogP contribution is -2.43. The molecule has 0 bridgehead atoms. The highest BCUT2D eigenvalue weighted by atomic mass is 16.5. The molecule has 2 amide bonds. The van der Waals surface area contributed by atoms with Gasteiger partial charge in [-0.1, -0.05) is 49.3 Å². The molecule has 0 spiro atoms. The summed E-state index contributed by atoms with van der Waals surface area (Å²) in [6.07, 6.45) is 0.842. The van der Waals surface area contributed by atoms with E-state index in [1.165, 1.54) is 5.56 Å². The molecular weight excluding hydrogens is 368 g/mol. The first kappa shape index (κ1) is 21.0. The molecule has 0 saturated heterocycles. The molecule has 7 nitrogen and oxygen atoms in total. The molecule has 29 heavy (non-hydrogen) atoms. The molecule has 0 unspecified atom stereocenters. The van der Waals surface area contributed by atoms with Crippen molar-refractivity contribution in [2.45, 2.75) is 33.1 Å². The molecule has 156 valence electrons. The van der Waals surface area contributed by atoms with Crippen molar-refractivity contribution in [1.82, 2.24) is 15.0 Å². The van der Waals surface area contributed by atoms with Crippen LogP contribution in [0.3, 0.4) is 0 Å². The van der Waals surface area contributed by atoms with E-state index in [1.54, 1.807) is 17.9 Å². The standard InChI is InChI=1S/C22H30N4O3/c1-4-25(5-2)11-12-26(15-21(27)23-20-13-16(3)29-24-20)22(28)19-14-18(19)17-9-7-6-8-10-17/h6-10,13,18-19H,4-5,11-12,14-15H2,1-3H3,(H,23,24,27)/t18-,19+/m0/s1. The van der Waals surface area contributed by atoms with Gasteiger partial charge in [0.25, 0.3) is 0 Å². The lowest BCUT2D eigenvalue weighted by molar-refractivity contribution is -0.136. The van der Waals surface area contributed by atoms with Gasteiger partial charge in [-0.05, 0) is 37.9 Å². The van der Waals surface area contributed by atoms with Gasteiger partial charge in [0, 0.05) is 25.1 Å². The van der Waals surface area contributed by atoms with E-state index in [2.05, 4.69) is 41.4 Å². The number of aryl methyl sites for hydroxylation is 1. The Hall–Kier alpha value is -2.67. The number of benzene rings is 1. The van der Waals surface area contributed by atoms with E-state index < -0.39 is 0 Å². The zero-order chi connectivity index (χ0) is 20.8. The summed E-state index contributed by atoms with van der Waals surface area (Å²) in [6.45, 7) is 9.09. The first-order valence-corrected chi connectivity index (χ1v) is 10.3. The van der Waals surface area contributed by atoms with Crippen molar-refractivity contribution in [3.8, 4) is 0 Å². The topological polar surface area (TPSA) is 78.7 Å². The number of aromatic nitrogens is 1. The van der Waals surface area contributed by atoms with Crippen LogP contribution in [0.5, 0.6) is 0 Å². The summed E-state index contributed by atoms with van der Waals surface area (Å²) in [6, 6.07) is 11.8. The number of likely N-dealkylation sites (N-methyl/N-ethyl adjacent to an activating group) is 1. The highest BCUT2D eigenvalue weighted by Crippen LogP contribution is 2.48. The second kappa shape index (κ2) is 9.69. The second-order valence-corrected chi connectivity index (χ2v) is 7.52. The van der Waals surface area contributed by atoms with Crippen molar-refractivity contribution in [1.29, 1.82) is 0 Å². The van der Waals surface area contributed by atoms with Crippen LogP contribution in [-0.2, 0) is 9.59 Å². The van der Waals surface area contributed by atoms with E-state index in [1.807, 2.05) is 18.2 Å². The Morgan fingerprint density at radius 2 is 1.90 bits per heavy atom. The number of amides is 2. The van der Waals surface area contributed by atoms with E-state index in [-0.39, 0.29) is 30.2 Å². The molecule has 1 aromatic carbocycles. The molecule has 1 heterocycles. The second-order valence-electron chi connectivity index (χ2n) is 7.52. The highest BCUT2D eigenvalue weighted by molar-refractivity contribution is 5.94. The number of carbonyl (C=O) groups is 2. The van der Waals surface area contributed by atoms with E-state index in [0.717, 1.165) is 26.1 Å². The van der Waals surface area contributed by atoms with Gasteiger partial charge in [-0.2, -0.15) is 0 Å². The van der Waals surface area contributed by atoms with Gasteiger partial charge < -0.3 is 19.6 Å². The number of rotatable bonds is 10. The lowest BCUT2D eigenvalue weighted by atomic mass is 10.1. The van der Waals surface area contributed by atoms with Crippen molar-refractivity contribution in [2.24, 2.45) is 5.92 Å². The van der Waals surface area contributed by atoms with Crippen molar-refractivity contribution in [3.05, 3.63) is 47.7 Å².